The predicted octanol–water partition coefficient (Wildman–Crippen LogP) is 2.27. The Labute approximate surface area is 156 Å². The lowest BCUT2D eigenvalue weighted by Gasteiger charge is -2.19. The first-order chi connectivity index (χ1) is 13.2. The lowest BCUT2D eigenvalue weighted by Crippen LogP contribution is -2.26. The SMILES string of the molecule is Cc1ccc(C2CC(c3nc(-c4c(C)ncc5c4CCNC5)no3)NN2)o1. The number of nitrogens with one attached hydrogen (secondary N) is 3. The monoisotopic (exact) mass is 366 g/mol. The molecule has 27 heavy (non-hydrogen) atoms. The van der Waals surface area contributed by atoms with Crippen molar-refractivity contribution in [3.63, 3.8) is 0 Å². The van der Waals surface area contributed by atoms with E-state index in [0.717, 1.165) is 48.7 Å². The van der Waals surface area contributed by atoms with E-state index in [1.165, 1.54) is 11.1 Å². The number of hydrogen-bond acceptors (Lipinski definition) is 8. The van der Waals surface area contributed by atoms with Crippen LogP contribution in [0.3, 0.4) is 0 Å². The summed E-state index contributed by atoms with van der Waals surface area (Å²) in [6.07, 6.45) is 3.67. The van der Waals surface area contributed by atoms with Crippen LogP contribution in [0, 0.1) is 13.8 Å². The summed E-state index contributed by atoms with van der Waals surface area (Å²) in [5.41, 5.74) is 10.9. The van der Waals surface area contributed by atoms with Crippen molar-refractivity contribution in [3.8, 4) is 11.4 Å². The molecule has 2 atom stereocenters. The maximum absolute atomic E-state index is 5.72. The molecule has 3 N–H and O–H groups in total. The average molecular weight is 366 g/mol. The molecule has 3 aromatic rings. The first-order valence-corrected chi connectivity index (χ1v) is 9.28. The molecule has 8 nitrogen and oxygen atoms in total. The van der Waals surface area contributed by atoms with Crippen LogP contribution in [-0.2, 0) is 13.0 Å². The van der Waals surface area contributed by atoms with Crippen molar-refractivity contribution in [1.29, 1.82) is 0 Å². The van der Waals surface area contributed by atoms with Gasteiger partial charge in [0.1, 0.15) is 17.6 Å². The maximum Gasteiger partial charge on any atom is 0.245 e. The van der Waals surface area contributed by atoms with Crippen LogP contribution in [0.4, 0.5) is 0 Å². The van der Waals surface area contributed by atoms with Gasteiger partial charge in [-0.1, -0.05) is 5.16 Å². The second kappa shape index (κ2) is 6.56. The highest BCUT2D eigenvalue weighted by Crippen LogP contribution is 2.33. The molecular formula is C19H22N6O2. The largest absolute Gasteiger partial charge is 0.465 e. The Morgan fingerprint density at radius 1 is 1.15 bits per heavy atom. The minimum Gasteiger partial charge on any atom is -0.465 e. The topological polar surface area (TPSA) is 101 Å². The second-order valence-electron chi connectivity index (χ2n) is 7.18. The Balaban J connectivity index is 1.41. The molecule has 0 radical (unpaired) electrons. The summed E-state index contributed by atoms with van der Waals surface area (Å²) >= 11 is 0. The van der Waals surface area contributed by atoms with Gasteiger partial charge in [0.05, 0.1) is 6.04 Å². The quantitative estimate of drug-likeness (QED) is 0.649. The molecule has 5 rings (SSSR count). The molecule has 8 heteroatoms. The van der Waals surface area contributed by atoms with Crippen LogP contribution in [0.5, 0.6) is 0 Å². The van der Waals surface area contributed by atoms with Crippen LogP contribution in [0.25, 0.3) is 11.4 Å². The third-order valence-electron chi connectivity index (χ3n) is 5.30. The Bertz CT molecular complexity index is 978. The van der Waals surface area contributed by atoms with Crippen molar-refractivity contribution in [2.24, 2.45) is 0 Å². The van der Waals surface area contributed by atoms with E-state index >= 15 is 0 Å². The zero-order valence-electron chi connectivity index (χ0n) is 15.4. The zero-order valence-corrected chi connectivity index (χ0v) is 15.4. The summed E-state index contributed by atoms with van der Waals surface area (Å²) in [4.78, 5) is 9.22. The Morgan fingerprint density at radius 2 is 2.04 bits per heavy atom. The van der Waals surface area contributed by atoms with Crippen molar-refractivity contribution in [2.45, 2.75) is 45.3 Å². The number of nitrogens with zero attached hydrogens (tertiary/aromatic N) is 3. The molecule has 0 bridgehead atoms. The van der Waals surface area contributed by atoms with E-state index in [1.807, 2.05) is 32.2 Å². The van der Waals surface area contributed by atoms with Crippen LogP contribution in [0.2, 0.25) is 0 Å². The summed E-state index contributed by atoms with van der Waals surface area (Å²) < 4.78 is 11.3. The summed E-state index contributed by atoms with van der Waals surface area (Å²) in [6, 6.07) is 3.99. The molecule has 3 aromatic heterocycles. The molecule has 1 fully saturated rings. The molecule has 2 aliphatic rings. The van der Waals surface area contributed by atoms with Crippen molar-refractivity contribution >= 4 is 0 Å². The van der Waals surface area contributed by atoms with Gasteiger partial charge in [0, 0.05) is 24.0 Å². The minimum absolute atomic E-state index is 0.0591. The van der Waals surface area contributed by atoms with Crippen molar-refractivity contribution in [2.75, 3.05) is 6.54 Å². The number of hydrogen-bond donors (Lipinski definition) is 3. The van der Waals surface area contributed by atoms with E-state index in [1.54, 1.807) is 0 Å². The van der Waals surface area contributed by atoms with Gasteiger partial charge >= 0.3 is 0 Å². The standard InChI is InChI=1S/C19H22N6O2/c1-10-3-4-16(26-10)14-7-15(24-23-14)19-22-18(25-27-19)17-11(2)21-9-12-8-20-6-5-13(12)17/h3-4,9,14-15,20,23-24H,5-8H2,1-2H3. The molecular weight excluding hydrogens is 344 g/mol. The second-order valence-corrected chi connectivity index (χ2v) is 7.18. The van der Waals surface area contributed by atoms with Crippen molar-refractivity contribution < 1.29 is 8.94 Å². The molecule has 1 saturated heterocycles. The lowest BCUT2D eigenvalue weighted by molar-refractivity contribution is 0.340. The van der Waals surface area contributed by atoms with Crippen molar-refractivity contribution in [3.05, 3.63) is 52.6 Å². The van der Waals surface area contributed by atoms with E-state index in [9.17, 15) is 0 Å². The van der Waals surface area contributed by atoms with Gasteiger partial charge in [-0.3, -0.25) is 4.98 Å². The highest BCUT2D eigenvalue weighted by molar-refractivity contribution is 5.64. The fourth-order valence-electron chi connectivity index (χ4n) is 3.89. The van der Waals surface area contributed by atoms with Crippen LogP contribution in [0.1, 0.15) is 52.7 Å². The highest BCUT2D eigenvalue weighted by Gasteiger charge is 2.32. The average Bonchev–Trinajstić information content (AvgIpc) is 3.41. The van der Waals surface area contributed by atoms with Gasteiger partial charge in [-0.25, -0.2) is 10.9 Å². The number of hydrazine groups is 1. The fourth-order valence-corrected chi connectivity index (χ4v) is 3.89. The number of aryl methyl sites for hydroxylation is 2. The van der Waals surface area contributed by atoms with Gasteiger partial charge in [-0.15, -0.1) is 0 Å². The summed E-state index contributed by atoms with van der Waals surface area (Å²) in [7, 11) is 0. The molecule has 0 aliphatic carbocycles. The summed E-state index contributed by atoms with van der Waals surface area (Å²) in [5.74, 6) is 3.01. The van der Waals surface area contributed by atoms with Gasteiger partial charge in [0.2, 0.25) is 11.7 Å². The molecule has 0 saturated carbocycles. The highest BCUT2D eigenvalue weighted by atomic mass is 16.5. The minimum atomic E-state index is -0.0591. The molecule has 0 spiro atoms. The smallest absolute Gasteiger partial charge is 0.245 e. The van der Waals surface area contributed by atoms with E-state index in [2.05, 4.69) is 26.3 Å². The number of rotatable bonds is 3. The maximum atomic E-state index is 5.72. The van der Waals surface area contributed by atoms with Crippen LogP contribution < -0.4 is 16.2 Å². The van der Waals surface area contributed by atoms with E-state index in [4.69, 9.17) is 13.9 Å². The first-order valence-electron chi connectivity index (χ1n) is 9.28. The molecule has 2 aliphatic heterocycles. The van der Waals surface area contributed by atoms with Crippen LogP contribution >= 0.6 is 0 Å². The fraction of sp³-hybridized carbons (Fsp3) is 0.421. The predicted molar refractivity (Wildman–Crippen MR) is 97.5 cm³/mol. The third-order valence-corrected chi connectivity index (χ3v) is 5.30. The summed E-state index contributed by atoms with van der Waals surface area (Å²) in [6.45, 7) is 5.73. The van der Waals surface area contributed by atoms with Crippen LogP contribution in [0.15, 0.2) is 27.3 Å². The molecule has 140 valence electrons. The summed E-state index contributed by atoms with van der Waals surface area (Å²) in [5, 5.41) is 7.64. The third kappa shape index (κ3) is 2.95. The number of fused-ring (bicyclic) bond motifs is 1. The van der Waals surface area contributed by atoms with Gasteiger partial charge in [-0.05, 0) is 56.5 Å². The molecule has 0 amide bonds. The Kier molecular flexibility index (Phi) is 4.04. The van der Waals surface area contributed by atoms with Crippen LogP contribution in [-0.4, -0.2) is 21.7 Å². The van der Waals surface area contributed by atoms with Gasteiger partial charge in [0.15, 0.2) is 0 Å². The Hall–Kier alpha value is -2.55. The zero-order chi connectivity index (χ0) is 18.4. The van der Waals surface area contributed by atoms with E-state index in [0.29, 0.717) is 11.7 Å². The number of aromatic nitrogens is 3. The molecule has 5 heterocycles. The first kappa shape index (κ1) is 16.6. The number of pyridine rings is 1. The molecule has 2 unspecified atom stereocenters. The van der Waals surface area contributed by atoms with Gasteiger partial charge in [-0.2, -0.15) is 4.98 Å². The van der Waals surface area contributed by atoms with Gasteiger partial charge in [0.25, 0.3) is 0 Å². The van der Waals surface area contributed by atoms with E-state index in [-0.39, 0.29) is 12.1 Å². The van der Waals surface area contributed by atoms with Crippen molar-refractivity contribution in [1.82, 2.24) is 31.3 Å². The van der Waals surface area contributed by atoms with E-state index < -0.39 is 0 Å². The molecule has 0 aromatic carbocycles. The normalized spacial score (nSPS) is 22.1. The number of furan rings is 1. The lowest BCUT2D eigenvalue weighted by atomic mass is 9.95. The van der Waals surface area contributed by atoms with Gasteiger partial charge < -0.3 is 14.3 Å². The Morgan fingerprint density at radius 3 is 2.89 bits per heavy atom.